The van der Waals surface area contributed by atoms with E-state index in [1.54, 1.807) is 24.3 Å². The Labute approximate surface area is 182 Å². The minimum absolute atomic E-state index is 0.312. The van der Waals surface area contributed by atoms with Gasteiger partial charge in [0, 0.05) is 13.1 Å². The Morgan fingerprint density at radius 3 is 2.39 bits per heavy atom. The average Bonchev–Trinajstić information content (AvgIpc) is 3.04. The van der Waals surface area contributed by atoms with Crippen molar-refractivity contribution in [3.8, 4) is 11.8 Å². The maximum absolute atomic E-state index is 13.5. The number of carbonyl (C=O) groups is 2. The van der Waals surface area contributed by atoms with Crippen LogP contribution in [0.15, 0.2) is 54.2 Å². The number of nitrogens with zero attached hydrogens (tertiary/aromatic N) is 3. The van der Waals surface area contributed by atoms with Gasteiger partial charge in [0.1, 0.15) is 11.4 Å². The number of rotatable bonds is 5. The molecule has 6 heteroatoms. The molecule has 6 nitrogen and oxygen atoms in total. The molecular formula is C25H25N3O3. The molecule has 0 N–H and O–H groups in total. The van der Waals surface area contributed by atoms with E-state index in [2.05, 4.69) is 17.9 Å². The Kier molecular flexibility index (Phi) is 5.77. The highest BCUT2D eigenvalue weighted by Gasteiger charge is 2.43. The van der Waals surface area contributed by atoms with Gasteiger partial charge in [-0.1, -0.05) is 19.1 Å². The third-order valence-corrected chi connectivity index (χ3v) is 5.74. The third kappa shape index (κ3) is 3.91. The molecule has 2 amide bonds. The van der Waals surface area contributed by atoms with Crippen LogP contribution in [-0.4, -0.2) is 36.4 Å². The van der Waals surface area contributed by atoms with E-state index in [9.17, 15) is 9.59 Å². The lowest BCUT2D eigenvalue weighted by Gasteiger charge is -2.33. The molecule has 0 aliphatic carbocycles. The summed E-state index contributed by atoms with van der Waals surface area (Å²) in [5.74, 6) is 0.523. The molecule has 0 aromatic heterocycles. The van der Waals surface area contributed by atoms with Crippen LogP contribution in [0.3, 0.4) is 0 Å². The molecule has 1 fully saturated rings. The first-order valence-electron chi connectivity index (χ1n) is 10.6. The molecule has 1 unspecified atom stereocenters. The number of benzene rings is 2. The fraction of sp³-hybridized carbons (Fsp3) is 0.320. The third-order valence-electron chi connectivity index (χ3n) is 5.74. The molecule has 0 spiro atoms. The highest BCUT2D eigenvalue weighted by atomic mass is 16.5. The van der Waals surface area contributed by atoms with Crippen molar-refractivity contribution in [3.05, 3.63) is 65.4 Å². The monoisotopic (exact) mass is 415 g/mol. The average molecular weight is 415 g/mol. The molecule has 31 heavy (non-hydrogen) atoms. The highest BCUT2D eigenvalue weighted by Crippen LogP contribution is 2.37. The Balaban J connectivity index is 1.77. The first kappa shape index (κ1) is 20.7. The summed E-state index contributed by atoms with van der Waals surface area (Å²) in [7, 11) is 0. The number of anilines is 1. The Morgan fingerprint density at radius 2 is 1.77 bits per heavy atom. The van der Waals surface area contributed by atoms with Crippen molar-refractivity contribution in [3.63, 3.8) is 0 Å². The number of nitriles is 1. The van der Waals surface area contributed by atoms with Crippen molar-refractivity contribution in [2.45, 2.75) is 26.7 Å². The second-order valence-corrected chi connectivity index (χ2v) is 7.98. The molecule has 2 aliphatic rings. The Bertz CT molecular complexity index is 1060. The van der Waals surface area contributed by atoms with Gasteiger partial charge in [-0.05, 0) is 67.6 Å². The lowest BCUT2D eigenvalue weighted by Crippen LogP contribution is -2.39. The zero-order valence-corrected chi connectivity index (χ0v) is 17.8. The summed E-state index contributed by atoms with van der Waals surface area (Å²) < 4.78 is 5.53. The predicted molar refractivity (Wildman–Crippen MR) is 118 cm³/mol. The SMILES string of the molecule is CCOc1ccc(C2=C(N3CCCC(C)C3)C(=O)N(c3ccc(C#N)cc3)C2=O)cc1. The smallest absolute Gasteiger partial charge is 0.282 e. The van der Waals surface area contributed by atoms with Crippen molar-refractivity contribution < 1.29 is 14.3 Å². The van der Waals surface area contributed by atoms with E-state index in [-0.39, 0.29) is 11.8 Å². The number of carbonyl (C=O) groups excluding carboxylic acids is 2. The molecule has 4 rings (SSSR count). The minimum atomic E-state index is -0.341. The van der Waals surface area contributed by atoms with Gasteiger partial charge in [0.05, 0.1) is 29.5 Å². The van der Waals surface area contributed by atoms with Crippen LogP contribution in [-0.2, 0) is 9.59 Å². The molecule has 0 saturated carbocycles. The molecule has 0 radical (unpaired) electrons. The van der Waals surface area contributed by atoms with Crippen LogP contribution in [0.1, 0.15) is 37.8 Å². The van der Waals surface area contributed by atoms with Crippen molar-refractivity contribution in [1.29, 1.82) is 5.26 Å². The molecule has 2 aliphatic heterocycles. The van der Waals surface area contributed by atoms with E-state index < -0.39 is 0 Å². The van der Waals surface area contributed by atoms with Gasteiger partial charge in [-0.25, -0.2) is 4.90 Å². The number of piperidine rings is 1. The fourth-order valence-corrected chi connectivity index (χ4v) is 4.27. The molecule has 0 bridgehead atoms. The van der Waals surface area contributed by atoms with Gasteiger partial charge in [0.2, 0.25) is 0 Å². The zero-order valence-electron chi connectivity index (χ0n) is 17.8. The van der Waals surface area contributed by atoms with Crippen LogP contribution in [0.25, 0.3) is 5.57 Å². The number of amides is 2. The van der Waals surface area contributed by atoms with Gasteiger partial charge in [-0.2, -0.15) is 5.26 Å². The minimum Gasteiger partial charge on any atom is -0.494 e. The number of hydrogen-bond acceptors (Lipinski definition) is 5. The molecule has 2 aromatic carbocycles. The van der Waals surface area contributed by atoms with Gasteiger partial charge < -0.3 is 9.64 Å². The zero-order chi connectivity index (χ0) is 22.0. The van der Waals surface area contributed by atoms with E-state index in [4.69, 9.17) is 10.00 Å². The quantitative estimate of drug-likeness (QED) is 0.691. The van der Waals surface area contributed by atoms with Gasteiger partial charge in [0.25, 0.3) is 11.8 Å². The first-order chi connectivity index (χ1) is 15.0. The molecule has 2 heterocycles. The summed E-state index contributed by atoms with van der Waals surface area (Å²) in [6.07, 6.45) is 2.10. The van der Waals surface area contributed by atoms with Crippen LogP contribution in [0.2, 0.25) is 0 Å². The number of likely N-dealkylation sites (tertiary alicyclic amines) is 1. The second kappa shape index (κ2) is 8.65. The van der Waals surface area contributed by atoms with Gasteiger partial charge in [-0.3, -0.25) is 9.59 Å². The Hall–Kier alpha value is -3.59. The van der Waals surface area contributed by atoms with Crippen molar-refractivity contribution >= 4 is 23.1 Å². The largest absolute Gasteiger partial charge is 0.494 e. The van der Waals surface area contributed by atoms with E-state index in [1.165, 1.54) is 4.90 Å². The summed E-state index contributed by atoms with van der Waals surface area (Å²) >= 11 is 0. The van der Waals surface area contributed by atoms with E-state index in [0.29, 0.717) is 40.6 Å². The highest BCUT2D eigenvalue weighted by molar-refractivity contribution is 6.45. The maximum atomic E-state index is 13.5. The van der Waals surface area contributed by atoms with Crippen LogP contribution in [0.4, 0.5) is 5.69 Å². The van der Waals surface area contributed by atoms with E-state index in [1.807, 2.05) is 31.2 Å². The van der Waals surface area contributed by atoms with E-state index >= 15 is 0 Å². The van der Waals surface area contributed by atoms with Crippen molar-refractivity contribution in [2.24, 2.45) is 5.92 Å². The number of hydrogen-bond donors (Lipinski definition) is 0. The molecule has 2 aromatic rings. The maximum Gasteiger partial charge on any atom is 0.282 e. The van der Waals surface area contributed by atoms with Gasteiger partial charge in [0.15, 0.2) is 0 Å². The number of ether oxygens (including phenoxy) is 1. The summed E-state index contributed by atoms with van der Waals surface area (Å²) in [5.41, 5.74) is 2.54. The van der Waals surface area contributed by atoms with Gasteiger partial charge in [-0.15, -0.1) is 0 Å². The van der Waals surface area contributed by atoms with Crippen LogP contribution >= 0.6 is 0 Å². The van der Waals surface area contributed by atoms with Crippen LogP contribution in [0.5, 0.6) is 5.75 Å². The molecular weight excluding hydrogens is 390 g/mol. The number of imide groups is 1. The van der Waals surface area contributed by atoms with Crippen molar-refractivity contribution in [1.82, 2.24) is 4.90 Å². The topological polar surface area (TPSA) is 73.6 Å². The fourth-order valence-electron chi connectivity index (χ4n) is 4.27. The lowest BCUT2D eigenvalue weighted by atomic mass is 9.97. The van der Waals surface area contributed by atoms with Crippen LogP contribution in [0, 0.1) is 17.2 Å². The standard InChI is InChI=1S/C25H25N3O3/c1-3-31-21-12-8-19(9-13-21)22-23(27-14-4-5-17(2)16-27)25(30)28(24(22)29)20-10-6-18(15-26)7-11-20/h6-13,17H,3-5,14,16H2,1-2H3. The van der Waals surface area contributed by atoms with E-state index in [0.717, 1.165) is 31.7 Å². The Morgan fingerprint density at radius 1 is 1.06 bits per heavy atom. The predicted octanol–water partition coefficient (Wildman–Crippen LogP) is 3.97. The summed E-state index contributed by atoms with van der Waals surface area (Å²) in [4.78, 5) is 30.4. The summed E-state index contributed by atoms with van der Waals surface area (Å²) in [5, 5.41) is 9.06. The lowest BCUT2D eigenvalue weighted by molar-refractivity contribution is -0.120. The summed E-state index contributed by atoms with van der Waals surface area (Å²) in [6, 6.07) is 15.9. The molecule has 1 saturated heterocycles. The molecule has 1 atom stereocenters. The van der Waals surface area contributed by atoms with Gasteiger partial charge >= 0.3 is 0 Å². The summed E-state index contributed by atoms with van der Waals surface area (Å²) in [6.45, 7) is 6.14. The first-order valence-corrected chi connectivity index (χ1v) is 10.6. The second-order valence-electron chi connectivity index (χ2n) is 7.98. The normalized spacial score (nSPS) is 19.1. The van der Waals surface area contributed by atoms with Crippen molar-refractivity contribution in [2.75, 3.05) is 24.6 Å². The molecule has 158 valence electrons. The van der Waals surface area contributed by atoms with Crippen LogP contribution < -0.4 is 9.64 Å².